The molecule has 10 heteroatoms. The Labute approximate surface area is 336 Å². The Balaban J connectivity index is 4.46. The van der Waals surface area contributed by atoms with E-state index in [1.807, 2.05) is 0 Å². The van der Waals surface area contributed by atoms with Crippen LogP contribution in [0.5, 0.6) is 0 Å². The lowest BCUT2D eigenvalue weighted by atomic mass is 9.99. The molecule has 0 N–H and O–H groups in total. The minimum Gasteiger partial charge on any atom is -0.413 e. The minimum absolute atomic E-state index is 0.357. The van der Waals surface area contributed by atoms with Crippen LogP contribution in [0, 0.1) is 0 Å². The van der Waals surface area contributed by atoms with Gasteiger partial charge in [-0.2, -0.15) is 0 Å². The predicted octanol–water partition coefficient (Wildman–Crippen LogP) is 14.2. The average Bonchev–Trinajstić information content (AvgIpc) is 2.99. The molecule has 1 aliphatic rings. The molecule has 1 aliphatic heterocycles. The molecule has 0 aromatic heterocycles. The van der Waals surface area contributed by atoms with Crippen molar-refractivity contribution in [2.75, 3.05) is 13.7 Å². The second-order valence-corrected chi connectivity index (χ2v) is 42.3. The van der Waals surface area contributed by atoms with Crippen molar-refractivity contribution in [3.8, 4) is 0 Å². The molecule has 318 valence electrons. The van der Waals surface area contributed by atoms with E-state index in [9.17, 15) is 0 Å². The Hall–Kier alpha value is 0.628. The topological polar surface area (TPSA) is 55.4 Å². The Morgan fingerprint density at radius 2 is 0.604 bits per heavy atom. The summed E-state index contributed by atoms with van der Waals surface area (Å²) in [5.74, 6) is 0. The van der Waals surface area contributed by atoms with E-state index in [1.54, 1.807) is 7.11 Å². The van der Waals surface area contributed by atoms with Gasteiger partial charge in [-0.05, 0) is 66.5 Å². The lowest BCUT2D eigenvalue weighted by Crippen LogP contribution is -2.70. The predicted molar refractivity (Wildman–Crippen MR) is 240 cm³/mol. The maximum Gasteiger partial charge on any atom is 0.201 e. The van der Waals surface area contributed by atoms with Gasteiger partial charge in [0, 0.05) is 7.11 Å². The van der Waals surface area contributed by atoms with Gasteiger partial charge in [0.1, 0.15) is 24.4 Å². The van der Waals surface area contributed by atoms with E-state index < -0.39 is 45.7 Å². The molecule has 6 nitrogen and oxygen atoms in total. The van der Waals surface area contributed by atoms with Gasteiger partial charge in [0.05, 0.1) is 6.61 Å². The van der Waals surface area contributed by atoms with E-state index in [4.69, 9.17) is 27.2 Å². The summed E-state index contributed by atoms with van der Waals surface area (Å²) in [5.41, 5.74) is 4.96. The van der Waals surface area contributed by atoms with Gasteiger partial charge in [-0.3, -0.25) is 0 Å². The van der Waals surface area contributed by atoms with Crippen molar-refractivity contribution in [2.45, 2.75) is 263 Å². The van der Waals surface area contributed by atoms with Crippen LogP contribution >= 0.6 is 0 Å². The van der Waals surface area contributed by atoms with Gasteiger partial charge in [0.15, 0.2) is 14.6 Å². The Morgan fingerprint density at radius 1 is 0.358 bits per heavy atom. The zero-order valence-electron chi connectivity index (χ0n) is 40.0. The summed E-state index contributed by atoms with van der Waals surface area (Å²) < 4.78 is 45.3. The fourth-order valence-corrected chi connectivity index (χ4v) is 34.4. The molecule has 5 atom stereocenters. The molecular weight excluding hydrogens is 725 g/mol. The highest BCUT2D eigenvalue weighted by Gasteiger charge is 2.61. The Kier molecular flexibility index (Phi) is 20.0. The zero-order valence-corrected chi connectivity index (χ0v) is 44.0. The second kappa shape index (κ2) is 20.5. The fourth-order valence-electron chi connectivity index (χ4n) is 12.3. The summed E-state index contributed by atoms with van der Waals surface area (Å²) in [6, 6.07) is 0. The highest BCUT2D eigenvalue weighted by molar-refractivity contribution is 6.79. The number of rotatable bonds is 22. The first-order chi connectivity index (χ1) is 24.1. The quantitative estimate of drug-likeness (QED) is 0.101. The summed E-state index contributed by atoms with van der Waals surface area (Å²) in [7, 11) is -7.81. The molecule has 0 radical (unpaired) electrons. The summed E-state index contributed by atoms with van der Waals surface area (Å²) in [6.07, 6.45) is -2.10. The minimum atomic E-state index is -2.47. The van der Waals surface area contributed by atoms with Crippen LogP contribution in [0.3, 0.4) is 0 Å². The lowest BCUT2D eigenvalue weighted by Gasteiger charge is -2.57. The van der Waals surface area contributed by atoms with Crippen molar-refractivity contribution < 1.29 is 27.2 Å². The third-order valence-electron chi connectivity index (χ3n) is 14.2. The monoisotopic (exact) mass is 819 g/mol. The SMILES string of the molecule is CO[C@H]1O[C@H](CO[Si](C(C)C)(C(C)C)C(C)C)[C@@H](O[Si](C(C)C)(C(C)C)C(C)C)[C@H](O[Si](C(C)C)(C(C)C)C(C)C)[C@H]1O[Si](C(C)C)(C(C)C)C(C)C. The third-order valence-corrected chi connectivity index (χ3v) is 38.5. The molecule has 0 aromatic rings. The summed E-state index contributed by atoms with van der Waals surface area (Å²) in [6.45, 7) is 57.6. The van der Waals surface area contributed by atoms with Crippen LogP contribution < -0.4 is 0 Å². The van der Waals surface area contributed by atoms with Crippen LogP contribution in [0.15, 0.2) is 0 Å². The van der Waals surface area contributed by atoms with Crippen molar-refractivity contribution in [2.24, 2.45) is 0 Å². The number of hydrogen-bond donors (Lipinski definition) is 0. The largest absolute Gasteiger partial charge is 0.413 e. The van der Waals surface area contributed by atoms with E-state index in [0.717, 1.165) is 0 Å². The highest BCUT2D eigenvalue weighted by atomic mass is 28.4. The molecule has 0 unspecified atom stereocenters. The Morgan fingerprint density at radius 3 is 0.849 bits per heavy atom. The molecule has 1 fully saturated rings. The summed E-state index contributed by atoms with van der Waals surface area (Å²) >= 11 is 0. The van der Waals surface area contributed by atoms with Crippen molar-refractivity contribution in [1.29, 1.82) is 0 Å². The van der Waals surface area contributed by atoms with Gasteiger partial charge in [-0.15, -0.1) is 0 Å². The van der Waals surface area contributed by atoms with E-state index in [-0.39, 0.29) is 18.3 Å². The molecule has 0 aliphatic carbocycles. The van der Waals surface area contributed by atoms with Crippen LogP contribution in [0.25, 0.3) is 0 Å². The van der Waals surface area contributed by atoms with Gasteiger partial charge in [0.25, 0.3) is 0 Å². The molecule has 53 heavy (non-hydrogen) atoms. The van der Waals surface area contributed by atoms with Gasteiger partial charge < -0.3 is 27.2 Å². The van der Waals surface area contributed by atoms with Crippen molar-refractivity contribution >= 4 is 33.3 Å². The molecule has 1 rings (SSSR count). The average molecular weight is 820 g/mol. The van der Waals surface area contributed by atoms with Crippen molar-refractivity contribution in [3.63, 3.8) is 0 Å². The van der Waals surface area contributed by atoms with Gasteiger partial charge in [-0.1, -0.05) is 166 Å². The smallest absolute Gasteiger partial charge is 0.201 e. The Bertz CT molecular complexity index is 970. The molecule has 0 amide bonds. The second-order valence-electron chi connectivity index (χ2n) is 20.6. The van der Waals surface area contributed by atoms with Crippen molar-refractivity contribution in [3.05, 3.63) is 0 Å². The number of methoxy groups -OCH3 is 1. The molecular formula is C43H94O6Si4. The molecule has 0 saturated carbocycles. The van der Waals surface area contributed by atoms with E-state index >= 15 is 0 Å². The van der Waals surface area contributed by atoms with E-state index in [1.165, 1.54) is 0 Å². The van der Waals surface area contributed by atoms with Gasteiger partial charge >= 0.3 is 0 Å². The maximum atomic E-state index is 8.12. The summed E-state index contributed by atoms with van der Waals surface area (Å²) in [5, 5.41) is 0. The van der Waals surface area contributed by atoms with Gasteiger partial charge in [-0.25, -0.2) is 0 Å². The fraction of sp³-hybridized carbons (Fsp3) is 1.00. The normalized spacial score (nSPS) is 23.2. The van der Waals surface area contributed by atoms with E-state index in [0.29, 0.717) is 73.1 Å². The zero-order chi connectivity index (χ0) is 41.8. The van der Waals surface area contributed by atoms with Gasteiger partial charge in [0.2, 0.25) is 25.0 Å². The number of ether oxygens (including phenoxy) is 2. The molecule has 0 bridgehead atoms. The lowest BCUT2D eigenvalue weighted by molar-refractivity contribution is -0.285. The maximum absolute atomic E-state index is 8.12. The van der Waals surface area contributed by atoms with Crippen LogP contribution in [-0.4, -0.2) is 77.7 Å². The van der Waals surface area contributed by atoms with Crippen LogP contribution in [0.4, 0.5) is 0 Å². The van der Waals surface area contributed by atoms with E-state index in [2.05, 4.69) is 166 Å². The van der Waals surface area contributed by atoms with Crippen LogP contribution in [0.2, 0.25) is 66.5 Å². The molecule has 1 heterocycles. The first kappa shape index (κ1) is 51.6. The third kappa shape index (κ3) is 10.1. The number of hydrogen-bond acceptors (Lipinski definition) is 6. The highest BCUT2D eigenvalue weighted by Crippen LogP contribution is 2.51. The first-order valence-electron chi connectivity index (χ1n) is 22.0. The standard InChI is InChI=1S/C43H94O6Si4/c1-27(2)50(28(3)4,29(5)6)45-26-39-40(47-51(30(7)8,31(9)10)32(11)12)41(48-52(33(13)14,34(15)16)35(17)18)42(43(44-25)46-39)49-53(36(19)20,37(21)22)38(23)24/h27-43H,26H2,1-25H3/t39-,40-,41+,42-,43+/m1/s1. The van der Waals surface area contributed by atoms with Crippen molar-refractivity contribution in [1.82, 2.24) is 0 Å². The molecule has 1 saturated heterocycles. The van der Waals surface area contributed by atoms with Crippen LogP contribution in [-0.2, 0) is 27.2 Å². The summed E-state index contributed by atoms with van der Waals surface area (Å²) in [4.78, 5) is 0. The molecule has 0 spiro atoms. The molecule has 0 aromatic carbocycles. The van der Waals surface area contributed by atoms with Crippen LogP contribution in [0.1, 0.15) is 166 Å². The first-order valence-corrected chi connectivity index (χ1v) is 30.6.